The van der Waals surface area contributed by atoms with Crippen molar-refractivity contribution in [2.45, 2.75) is 18.9 Å². The van der Waals surface area contributed by atoms with E-state index in [4.69, 9.17) is 14.0 Å². The van der Waals surface area contributed by atoms with Gasteiger partial charge in [0.1, 0.15) is 11.5 Å². The van der Waals surface area contributed by atoms with Crippen LogP contribution in [0.2, 0.25) is 0 Å². The Kier molecular flexibility index (Phi) is 3.83. The van der Waals surface area contributed by atoms with Gasteiger partial charge in [0.15, 0.2) is 5.82 Å². The lowest BCUT2D eigenvalue weighted by Gasteiger charge is -2.27. The molecule has 2 aromatic rings. The summed E-state index contributed by atoms with van der Waals surface area (Å²) in [6, 6.07) is 6.17. The molecule has 6 nitrogen and oxygen atoms in total. The number of hydrogen-bond acceptors (Lipinski definition) is 6. The molecule has 0 spiro atoms. The fraction of sp³-hybridized carbons (Fsp3) is 0.429. The summed E-state index contributed by atoms with van der Waals surface area (Å²) in [7, 11) is 1.67. The van der Waals surface area contributed by atoms with Gasteiger partial charge in [-0.1, -0.05) is 5.16 Å². The van der Waals surface area contributed by atoms with E-state index < -0.39 is 0 Å². The third-order valence-electron chi connectivity index (χ3n) is 3.40. The van der Waals surface area contributed by atoms with Crippen molar-refractivity contribution < 1.29 is 14.0 Å². The lowest BCUT2D eigenvalue weighted by atomic mass is 10.00. The quantitative estimate of drug-likeness (QED) is 0.896. The molecule has 1 unspecified atom stereocenters. The van der Waals surface area contributed by atoms with Crippen LogP contribution in [0, 0.1) is 0 Å². The van der Waals surface area contributed by atoms with Crippen LogP contribution in [0.5, 0.6) is 11.5 Å². The Morgan fingerprint density at radius 3 is 3.20 bits per heavy atom. The maximum atomic E-state index is 5.67. The molecular weight excluding hydrogens is 258 g/mol. The molecule has 1 aliphatic heterocycles. The summed E-state index contributed by atoms with van der Waals surface area (Å²) in [5.41, 5.74) is 1.14. The SMILES string of the molecule is COc1ccc2c(c1)C(NCCc1ncon1)CCO2. The van der Waals surface area contributed by atoms with Crippen LogP contribution in [0.15, 0.2) is 29.1 Å². The molecule has 1 aromatic heterocycles. The normalized spacial score (nSPS) is 17.4. The van der Waals surface area contributed by atoms with Crippen LogP contribution in [0.3, 0.4) is 0 Å². The van der Waals surface area contributed by atoms with Gasteiger partial charge in [0.2, 0.25) is 6.39 Å². The Morgan fingerprint density at radius 1 is 1.45 bits per heavy atom. The Morgan fingerprint density at radius 2 is 2.40 bits per heavy atom. The molecule has 20 heavy (non-hydrogen) atoms. The maximum absolute atomic E-state index is 5.67. The number of rotatable bonds is 5. The lowest BCUT2D eigenvalue weighted by molar-refractivity contribution is 0.252. The van der Waals surface area contributed by atoms with Gasteiger partial charge in [-0.25, -0.2) is 0 Å². The van der Waals surface area contributed by atoms with Gasteiger partial charge in [0.05, 0.1) is 13.7 Å². The van der Waals surface area contributed by atoms with Crippen molar-refractivity contribution in [1.82, 2.24) is 15.5 Å². The molecule has 1 aliphatic rings. The Labute approximate surface area is 117 Å². The van der Waals surface area contributed by atoms with Crippen molar-refractivity contribution in [2.75, 3.05) is 20.3 Å². The Bertz CT molecular complexity index is 557. The van der Waals surface area contributed by atoms with Gasteiger partial charge in [-0.2, -0.15) is 4.98 Å². The summed E-state index contributed by atoms with van der Waals surface area (Å²) in [6.07, 6.45) is 3.03. The molecule has 3 rings (SSSR count). The predicted octanol–water partition coefficient (Wildman–Crippen LogP) is 1.73. The number of ether oxygens (including phenoxy) is 2. The first-order chi connectivity index (χ1) is 9.86. The molecule has 1 N–H and O–H groups in total. The molecule has 0 saturated heterocycles. The van der Waals surface area contributed by atoms with E-state index in [1.54, 1.807) is 7.11 Å². The van der Waals surface area contributed by atoms with Crippen LogP contribution in [0.25, 0.3) is 0 Å². The van der Waals surface area contributed by atoms with E-state index in [0.29, 0.717) is 0 Å². The number of aromatic nitrogens is 2. The van der Waals surface area contributed by atoms with E-state index in [0.717, 1.165) is 48.9 Å². The molecule has 0 bridgehead atoms. The molecule has 0 radical (unpaired) electrons. The second-order valence-corrected chi connectivity index (χ2v) is 4.65. The van der Waals surface area contributed by atoms with Crippen molar-refractivity contribution in [3.63, 3.8) is 0 Å². The Hall–Kier alpha value is -2.08. The monoisotopic (exact) mass is 275 g/mol. The molecule has 0 saturated carbocycles. The van der Waals surface area contributed by atoms with Crippen molar-refractivity contribution in [2.24, 2.45) is 0 Å². The van der Waals surface area contributed by atoms with Crippen molar-refractivity contribution >= 4 is 0 Å². The fourth-order valence-corrected chi connectivity index (χ4v) is 2.37. The van der Waals surface area contributed by atoms with Crippen LogP contribution in [-0.4, -0.2) is 30.4 Å². The first-order valence-electron chi connectivity index (χ1n) is 6.66. The molecular formula is C14H17N3O3. The van der Waals surface area contributed by atoms with Gasteiger partial charge >= 0.3 is 0 Å². The summed E-state index contributed by atoms with van der Waals surface area (Å²) in [5.74, 6) is 2.49. The summed E-state index contributed by atoms with van der Waals surface area (Å²) < 4.78 is 15.7. The van der Waals surface area contributed by atoms with E-state index >= 15 is 0 Å². The van der Waals surface area contributed by atoms with Gasteiger partial charge in [-0.15, -0.1) is 0 Å². The van der Waals surface area contributed by atoms with Crippen LogP contribution in [0.4, 0.5) is 0 Å². The molecule has 1 aromatic carbocycles. The summed E-state index contributed by atoms with van der Waals surface area (Å²) in [5, 5.41) is 7.31. The molecule has 0 amide bonds. The first-order valence-corrected chi connectivity index (χ1v) is 6.66. The average molecular weight is 275 g/mol. The zero-order valence-corrected chi connectivity index (χ0v) is 11.3. The van der Waals surface area contributed by atoms with Gasteiger partial charge in [-0.05, 0) is 18.2 Å². The summed E-state index contributed by atoms with van der Waals surface area (Å²) >= 11 is 0. The van der Waals surface area contributed by atoms with Crippen LogP contribution in [0.1, 0.15) is 23.9 Å². The van der Waals surface area contributed by atoms with E-state index in [1.165, 1.54) is 6.39 Å². The number of hydrogen-bond donors (Lipinski definition) is 1. The third kappa shape index (κ3) is 2.75. The van der Waals surface area contributed by atoms with Crippen molar-refractivity contribution in [3.05, 3.63) is 36.0 Å². The number of nitrogens with one attached hydrogen (secondary N) is 1. The van der Waals surface area contributed by atoms with Crippen LogP contribution in [-0.2, 0) is 6.42 Å². The smallest absolute Gasteiger partial charge is 0.213 e. The highest BCUT2D eigenvalue weighted by molar-refractivity contribution is 5.43. The molecule has 1 atom stereocenters. The van der Waals surface area contributed by atoms with E-state index in [-0.39, 0.29) is 6.04 Å². The van der Waals surface area contributed by atoms with Crippen molar-refractivity contribution in [1.29, 1.82) is 0 Å². The van der Waals surface area contributed by atoms with E-state index in [2.05, 4.69) is 15.5 Å². The van der Waals surface area contributed by atoms with E-state index in [1.807, 2.05) is 18.2 Å². The van der Waals surface area contributed by atoms with Crippen LogP contribution >= 0.6 is 0 Å². The lowest BCUT2D eigenvalue weighted by Crippen LogP contribution is -2.28. The third-order valence-corrected chi connectivity index (χ3v) is 3.40. The van der Waals surface area contributed by atoms with Crippen molar-refractivity contribution in [3.8, 4) is 11.5 Å². The second kappa shape index (κ2) is 5.92. The zero-order valence-electron chi connectivity index (χ0n) is 11.3. The van der Waals surface area contributed by atoms with Gasteiger partial charge in [0.25, 0.3) is 0 Å². The standard InChI is InChI=1S/C14H17N3O3/c1-18-10-2-3-13-11(8-10)12(5-7-19-13)15-6-4-14-16-9-20-17-14/h2-3,8-9,12,15H,4-7H2,1H3. The fourth-order valence-electron chi connectivity index (χ4n) is 2.37. The Balaban J connectivity index is 1.66. The minimum absolute atomic E-state index is 0.265. The largest absolute Gasteiger partial charge is 0.497 e. The summed E-state index contributed by atoms with van der Waals surface area (Å²) in [4.78, 5) is 4.01. The van der Waals surface area contributed by atoms with Gasteiger partial charge < -0.3 is 19.3 Å². The minimum Gasteiger partial charge on any atom is -0.497 e. The number of methoxy groups -OCH3 is 1. The highest BCUT2D eigenvalue weighted by Gasteiger charge is 2.21. The summed E-state index contributed by atoms with van der Waals surface area (Å²) in [6.45, 7) is 1.51. The number of nitrogens with zero attached hydrogens (tertiary/aromatic N) is 2. The second-order valence-electron chi connectivity index (χ2n) is 4.65. The predicted molar refractivity (Wildman–Crippen MR) is 71.9 cm³/mol. The highest BCUT2D eigenvalue weighted by atomic mass is 16.5. The molecule has 106 valence electrons. The van der Waals surface area contributed by atoms with Gasteiger partial charge in [-0.3, -0.25) is 0 Å². The highest BCUT2D eigenvalue weighted by Crippen LogP contribution is 2.34. The minimum atomic E-state index is 0.265. The molecule has 6 heteroatoms. The zero-order chi connectivity index (χ0) is 13.8. The molecule has 2 heterocycles. The van der Waals surface area contributed by atoms with E-state index in [9.17, 15) is 0 Å². The maximum Gasteiger partial charge on any atom is 0.213 e. The first kappa shape index (κ1) is 12.9. The number of benzene rings is 1. The topological polar surface area (TPSA) is 69.4 Å². The molecule has 0 aliphatic carbocycles. The van der Waals surface area contributed by atoms with Gasteiger partial charge in [0, 0.05) is 31.0 Å². The number of fused-ring (bicyclic) bond motifs is 1. The average Bonchev–Trinajstić information content (AvgIpc) is 3.00. The molecule has 0 fully saturated rings. The van der Waals surface area contributed by atoms with Crippen LogP contribution < -0.4 is 14.8 Å².